The van der Waals surface area contributed by atoms with Crippen LogP contribution in [0.25, 0.3) is 0 Å². The second-order valence-electron chi connectivity index (χ2n) is 6.44. The van der Waals surface area contributed by atoms with Crippen LogP contribution < -0.4 is 0 Å². The third kappa shape index (κ3) is 3.83. The number of carboxylic acids is 1. The molecule has 4 nitrogen and oxygen atoms in total. The van der Waals surface area contributed by atoms with Crippen molar-refractivity contribution in [3.8, 4) is 0 Å². The van der Waals surface area contributed by atoms with Gasteiger partial charge in [0.1, 0.15) is 0 Å². The number of benzene rings is 2. The highest BCUT2D eigenvalue weighted by Gasteiger charge is 2.31. The van der Waals surface area contributed by atoms with Crippen LogP contribution in [0.15, 0.2) is 60.7 Å². The number of carboxylic acid groups (broad SMARTS) is 1. The Labute approximate surface area is 143 Å². The van der Waals surface area contributed by atoms with Gasteiger partial charge >= 0.3 is 5.97 Å². The molecule has 1 fully saturated rings. The van der Waals surface area contributed by atoms with Gasteiger partial charge in [0.15, 0.2) is 0 Å². The standard InChI is InChI=1S/C20H24N2O2/c1-16-14-21(15-19(23)24)12-13-22(16)20(17-8-4-2-5-9-17)18-10-6-3-7-11-18/h2-11,16,20H,12-15H2,1H3,(H,23,24). The van der Waals surface area contributed by atoms with Crippen molar-refractivity contribution in [1.82, 2.24) is 9.80 Å². The molecule has 1 heterocycles. The summed E-state index contributed by atoms with van der Waals surface area (Å²) in [4.78, 5) is 15.5. The van der Waals surface area contributed by atoms with Crippen LogP contribution in [0.2, 0.25) is 0 Å². The Kier molecular flexibility index (Phi) is 5.28. The molecule has 1 aliphatic rings. The SMILES string of the molecule is CC1CN(CC(=O)O)CCN1C(c1ccccc1)c1ccccc1. The lowest BCUT2D eigenvalue weighted by atomic mass is 9.95. The van der Waals surface area contributed by atoms with Crippen molar-refractivity contribution in [3.63, 3.8) is 0 Å². The van der Waals surface area contributed by atoms with Crippen LogP contribution in [0.5, 0.6) is 0 Å². The number of carbonyl (C=O) groups is 1. The maximum Gasteiger partial charge on any atom is 0.317 e. The maximum absolute atomic E-state index is 11.0. The molecule has 0 aromatic heterocycles. The Hall–Kier alpha value is -2.17. The zero-order chi connectivity index (χ0) is 16.9. The Balaban J connectivity index is 1.86. The molecular weight excluding hydrogens is 300 g/mol. The minimum atomic E-state index is -0.752. The molecule has 0 amide bonds. The average Bonchev–Trinajstić information content (AvgIpc) is 2.58. The summed E-state index contributed by atoms with van der Waals surface area (Å²) in [5.74, 6) is -0.752. The van der Waals surface area contributed by atoms with Crippen LogP contribution >= 0.6 is 0 Å². The van der Waals surface area contributed by atoms with E-state index in [2.05, 4.69) is 60.4 Å². The molecule has 0 radical (unpaired) electrons. The molecule has 4 heteroatoms. The molecule has 126 valence electrons. The molecule has 1 N–H and O–H groups in total. The van der Waals surface area contributed by atoms with Crippen LogP contribution in [0, 0.1) is 0 Å². The van der Waals surface area contributed by atoms with Gasteiger partial charge < -0.3 is 5.11 Å². The van der Waals surface area contributed by atoms with E-state index in [1.54, 1.807) is 0 Å². The number of hydrogen-bond acceptors (Lipinski definition) is 3. The first kappa shape index (κ1) is 16.7. The fraction of sp³-hybridized carbons (Fsp3) is 0.350. The Morgan fingerprint density at radius 1 is 1.04 bits per heavy atom. The van der Waals surface area contributed by atoms with E-state index in [1.807, 2.05) is 17.0 Å². The molecule has 1 unspecified atom stereocenters. The molecule has 2 aromatic rings. The van der Waals surface area contributed by atoms with Crippen LogP contribution in [0.1, 0.15) is 24.1 Å². The zero-order valence-corrected chi connectivity index (χ0v) is 14.0. The van der Waals surface area contributed by atoms with Gasteiger partial charge in [-0.15, -0.1) is 0 Å². The number of aliphatic carboxylic acids is 1. The van der Waals surface area contributed by atoms with Gasteiger partial charge in [0.05, 0.1) is 12.6 Å². The predicted octanol–water partition coefficient (Wildman–Crippen LogP) is 2.87. The van der Waals surface area contributed by atoms with Gasteiger partial charge in [-0.3, -0.25) is 14.6 Å². The van der Waals surface area contributed by atoms with Gasteiger partial charge in [-0.05, 0) is 18.1 Å². The van der Waals surface area contributed by atoms with E-state index < -0.39 is 5.97 Å². The molecule has 0 saturated carbocycles. The minimum absolute atomic E-state index is 0.125. The monoisotopic (exact) mass is 324 g/mol. The number of rotatable bonds is 5. The van der Waals surface area contributed by atoms with Crippen LogP contribution in [-0.4, -0.2) is 53.1 Å². The normalized spacial score (nSPS) is 19.5. The van der Waals surface area contributed by atoms with Crippen molar-refractivity contribution in [3.05, 3.63) is 71.8 Å². The first-order chi connectivity index (χ1) is 11.6. The van der Waals surface area contributed by atoms with E-state index in [0.717, 1.165) is 19.6 Å². The first-order valence-electron chi connectivity index (χ1n) is 8.45. The summed E-state index contributed by atoms with van der Waals surface area (Å²) in [5.41, 5.74) is 2.56. The highest BCUT2D eigenvalue weighted by atomic mass is 16.4. The first-order valence-corrected chi connectivity index (χ1v) is 8.45. The summed E-state index contributed by atoms with van der Waals surface area (Å²) >= 11 is 0. The second kappa shape index (κ2) is 7.60. The fourth-order valence-corrected chi connectivity index (χ4v) is 3.61. The summed E-state index contributed by atoms with van der Waals surface area (Å²) in [7, 11) is 0. The Bertz CT molecular complexity index is 620. The highest BCUT2D eigenvalue weighted by molar-refractivity contribution is 5.69. The van der Waals surface area contributed by atoms with E-state index in [1.165, 1.54) is 11.1 Å². The lowest BCUT2D eigenvalue weighted by molar-refractivity contribution is -0.139. The van der Waals surface area contributed by atoms with E-state index >= 15 is 0 Å². The summed E-state index contributed by atoms with van der Waals surface area (Å²) in [5, 5.41) is 9.03. The van der Waals surface area contributed by atoms with E-state index in [9.17, 15) is 4.79 Å². The largest absolute Gasteiger partial charge is 0.480 e. The fourth-order valence-electron chi connectivity index (χ4n) is 3.61. The van der Waals surface area contributed by atoms with Crippen molar-refractivity contribution in [1.29, 1.82) is 0 Å². The van der Waals surface area contributed by atoms with E-state index in [0.29, 0.717) is 6.04 Å². The van der Waals surface area contributed by atoms with Crippen molar-refractivity contribution >= 4 is 5.97 Å². The quantitative estimate of drug-likeness (QED) is 0.918. The molecule has 1 atom stereocenters. The molecule has 24 heavy (non-hydrogen) atoms. The molecule has 2 aromatic carbocycles. The van der Waals surface area contributed by atoms with Crippen molar-refractivity contribution < 1.29 is 9.90 Å². The molecular formula is C20H24N2O2. The topological polar surface area (TPSA) is 43.8 Å². The van der Waals surface area contributed by atoms with Crippen molar-refractivity contribution in [2.45, 2.75) is 19.0 Å². The minimum Gasteiger partial charge on any atom is -0.480 e. The van der Waals surface area contributed by atoms with Crippen LogP contribution in [0.3, 0.4) is 0 Å². The second-order valence-corrected chi connectivity index (χ2v) is 6.44. The highest BCUT2D eigenvalue weighted by Crippen LogP contribution is 2.31. The molecule has 3 rings (SSSR count). The average molecular weight is 324 g/mol. The summed E-state index contributed by atoms with van der Waals surface area (Å²) in [6.07, 6.45) is 0. The van der Waals surface area contributed by atoms with Crippen molar-refractivity contribution in [2.24, 2.45) is 0 Å². The number of nitrogens with zero attached hydrogens (tertiary/aromatic N) is 2. The molecule has 1 aliphatic heterocycles. The Morgan fingerprint density at radius 2 is 1.58 bits per heavy atom. The number of hydrogen-bond donors (Lipinski definition) is 1. The maximum atomic E-state index is 11.0. The van der Waals surface area contributed by atoms with Gasteiger partial charge in [-0.2, -0.15) is 0 Å². The zero-order valence-electron chi connectivity index (χ0n) is 14.0. The summed E-state index contributed by atoms with van der Waals surface area (Å²) < 4.78 is 0. The third-order valence-corrected chi connectivity index (χ3v) is 4.68. The van der Waals surface area contributed by atoms with Gasteiger partial charge in [0, 0.05) is 25.7 Å². The van der Waals surface area contributed by atoms with Crippen LogP contribution in [-0.2, 0) is 4.79 Å². The van der Waals surface area contributed by atoms with Gasteiger partial charge in [-0.25, -0.2) is 0 Å². The van der Waals surface area contributed by atoms with Gasteiger partial charge in [0.25, 0.3) is 0 Å². The van der Waals surface area contributed by atoms with E-state index in [4.69, 9.17) is 5.11 Å². The molecule has 0 bridgehead atoms. The number of piperazine rings is 1. The van der Waals surface area contributed by atoms with E-state index in [-0.39, 0.29) is 12.6 Å². The molecule has 0 spiro atoms. The Morgan fingerprint density at radius 3 is 2.04 bits per heavy atom. The van der Waals surface area contributed by atoms with Crippen molar-refractivity contribution in [2.75, 3.05) is 26.2 Å². The van der Waals surface area contributed by atoms with Gasteiger partial charge in [-0.1, -0.05) is 60.7 Å². The smallest absolute Gasteiger partial charge is 0.317 e. The van der Waals surface area contributed by atoms with Gasteiger partial charge in [0.2, 0.25) is 0 Å². The molecule has 1 saturated heterocycles. The lowest BCUT2D eigenvalue weighted by Crippen LogP contribution is -2.54. The predicted molar refractivity (Wildman–Crippen MR) is 95.0 cm³/mol. The molecule has 0 aliphatic carbocycles. The third-order valence-electron chi connectivity index (χ3n) is 4.68. The summed E-state index contributed by atoms with van der Waals surface area (Å²) in [6, 6.07) is 21.6. The van der Waals surface area contributed by atoms with Crippen LogP contribution in [0.4, 0.5) is 0 Å². The summed E-state index contributed by atoms with van der Waals surface area (Å²) in [6.45, 7) is 4.74. The lowest BCUT2D eigenvalue weighted by Gasteiger charge is -2.44.